The van der Waals surface area contributed by atoms with Gasteiger partial charge in [0.25, 0.3) is 0 Å². The van der Waals surface area contributed by atoms with Gasteiger partial charge in [-0.2, -0.15) is 5.10 Å². The summed E-state index contributed by atoms with van der Waals surface area (Å²) < 4.78 is 19.9. The average molecular weight is 373 g/mol. The lowest BCUT2D eigenvalue weighted by Crippen LogP contribution is -2.54. The van der Waals surface area contributed by atoms with Gasteiger partial charge >= 0.3 is 0 Å². The fourth-order valence-electron chi connectivity index (χ4n) is 3.60. The second-order valence-electron chi connectivity index (χ2n) is 8.35. The molecular weight excluding hydrogens is 346 g/mol. The van der Waals surface area contributed by atoms with Crippen molar-refractivity contribution in [1.29, 1.82) is 0 Å². The van der Waals surface area contributed by atoms with Gasteiger partial charge in [-0.05, 0) is 53.0 Å². The van der Waals surface area contributed by atoms with E-state index < -0.39 is 5.60 Å². The molecule has 0 spiro atoms. The van der Waals surface area contributed by atoms with Gasteiger partial charge in [0.05, 0.1) is 23.2 Å². The van der Waals surface area contributed by atoms with Gasteiger partial charge in [0.15, 0.2) is 18.2 Å². The maximum Gasteiger partial charge on any atom is 0.171 e. The number of aldehydes is 1. The van der Waals surface area contributed by atoms with E-state index in [-0.39, 0.29) is 17.9 Å². The van der Waals surface area contributed by atoms with Crippen LogP contribution in [0.4, 0.5) is 0 Å². The van der Waals surface area contributed by atoms with Crippen LogP contribution < -0.4 is 0 Å². The van der Waals surface area contributed by atoms with E-state index in [0.29, 0.717) is 24.6 Å². The van der Waals surface area contributed by atoms with Gasteiger partial charge < -0.3 is 14.2 Å². The zero-order chi connectivity index (χ0) is 19.2. The highest BCUT2D eigenvalue weighted by Crippen LogP contribution is 2.40. The highest BCUT2D eigenvalue weighted by Gasteiger charge is 2.45. The number of hydrogen-bond donors (Lipinski definition) is 0. The quantitative estimate of drug-likeness (QED) is 0.766. The SMILES string of the molecule is CC1(C)OCC(c2cnc3c(c2)c(C=O)nn3C2CCCCO2)OC1(C)C. The van der Waals surface area contributed by atoms with Gasteiger partial charge in [-0.3, -0.25) is 4.79 Å². The van der Waals surface area contributed by atoms with Crippen LogP contribution >= 0.6 is 0 Å². The molecule has 27 heavy (non-hydrogen) atoms. The van der Waals surface area contributed by atoms with E-state index in [0.717, 1.165) is 36.5 Å². The summed E-state index contributed by atoms with van der Waals surface area (Å²) in [4.78, 5) is 16.2. The van der Waals surface area contributed by atoms with Gasteiger partial charge in [-0.15, -0.1) is 0 Å². The third-order valence-corrected chi connectivity index (χ3v) is 5.99. The minimum absolute atomic E-state index is 0.165. The molecule has 2 saturated heterocycles. The molecule has 0 aliphatic carbocycles. The average Bonchev–Trinajstić information content (AvgIpc) is 3.03. The van der Waals surface area contributed by atoms with Gasteiger partial charge in [-0.1, -0.05) is 0 Å². The Morgan fingerprint density at radius 1 is 1.22 bits per heavy atom. The Labute approximate surface area is 159 Å². The van der Waals surface area contributed by atoms with Crippen molar-refractivity contribution in [2.45, 2.75) is 70.5 Å². The lowest BCUT2D eigenvalue weighted by atomic mass is 9.87. The number of hydrogen-bond acceptors (Lipinski definition) is 6. The first-order valence-corrected chi connectivity index (χ1v) is 9.59. The van der Waals surface area contributed by atoms with E-state index in [1.165, 1.54) is 0 Å². The predicted molar refractivity (Wildman–Crippen MR) is 99.7 cm³/mol. The van der Waals surface area contributed by atoms with Gasteiger partial charge in [-0.25, -0.2) is 9.67 Å². The summed E-state index contributed by atoms with van der Waals surface area (Å²) in [6.07, 6.45) is 5.18. The topological polar surface area (TPSA) is 75.5 Å². The molecule has 146 valence electrons. The van der Waals surface area contributed by atoms with Crippen molar-refractivity contribution >= 4 is 17.3 Å². The molecule has 2 unspecified atom stereocenters. The molecular formula is C20H27N3O4. The van der Waals surface area contributed by atoms with Crippen LogP contribution in [-0.4, -0.2) is 45.5 Å². The summed E-state index contributed by atoms with van der Waals surface area (Å²) in [5.41, 5.74) is 1.11. The van der Waals surface area contributed by atoms with Crippen molar-refractivity contribution in [3.8, 4) is 0 Å². The zero-order valence-electron chi connectivity index (χ0n) is 16.4. The fraction of sp³-hybridized carbons (Fsp3) is 0.650. The molecule has 2 aliphatic heterocycles. The number of aromatic nitrogens is 3. The van der Waals surface area contributed by atoms with Gasteiger partial charge in [0.1, 0.15) is 11.8 Å². The Morgan fingerprint density at radius 3 is 2.70 bits per heavy atom. The van der Waals surface area contributed by atoms with Crippen LogP contribution in [0.1, 0.15) is 75.3 Å². The molecule has 0 bridgehead atoms. The summed E-state index contributed by atoms with van der Waals surface area (Å²) in [6, 6.07) is 1.95. The lowest BCUT2D eigenvalue weighted by Gasteiger charge is -2.48. The standard InChI is InChI=1S/C20H27N3O4/c1-19(2)20(3,4)27-16(12-26-19)13-9-14-15(11-24)22-23(18(14)21-10-13)17-7-5-6-8-25-17/h9-11,16-17H,5-8,12H2,1-4H3. The van der Waals surface area contributed by atoms with Crippen LogP contribution in [0, 0.1) is 0 Å². The molecule has 7 nitrogen and oxygen atoms in total. The molecule has 2 fully saturated rings. The van der Waals surface area contributed by atoms with Crippen LogP contribution in [0.3, 0.4) is 0 Å². The molecule has 4 rings (SSSR count). The van der Waals surface area contributed by atoms with E-state index >= 15 is 0 Å². The van der Waals surface area contributed by atoms with E-state index in [9.17, 15) is 4.79 Å². The Morgan fingerprint density at radius 2 is 2.04 bits per heavy atom. The van der Waals surface area contributed by atoms with Crippen molar-refractivity contribution in [2.24, 2.45) is 0 Å². The molecule has 2 aromatic rings. The fourth-order valence-corrected chi connectivity index (χ4v) is 3.60. The maximum atomic E-state index is 11.6. The number of carbonyl (C=O) groups is 1. The Hall–Kier alpha value is -1.83. The summed E-state index contributed by atoms with van der Waals surface area (Å²) >= 11 is 0. The minimum Gasteiger partial charge on any atom is -0.370 e. The van der Waals surface area contributed by atoms with Crippen molar-refractivity contribution in [3.05, 3.63) is 23.5 Å². The molecule has 0 saturated carbocycles. The first kappa shape index (κ1) is 18.5. The third kappa shape index (κ3) is 3.17. The van der Waals surface area contributed by atoms with Gasteiger partial charge in [0.2, 0.25) is 0 Å². The Balaban J connectivity index is 1.69. The molecule has 2 aliphatic rings. The molecule has 2 aromatic heterocycles. The Bertz CT molecular complexity index is 852. The number of fused-ring (bicyclic) bond motifs is 1. The summed E-state index contributed by atoms with van der Waals surface area (Å²) in [5, 5.41) is 5.18. The molecule has 0 N–H and O–H groups in total. The van der Waals surface area contributed by atoms with E-state index in [1.807, 2.05) is 33.8 Å². The first-order chi connectivity index (χ1) is 12.8. The third-order valence-electron chi connectivity index (χ3n) is 5.99. The summed E-state index contributed by atoms with van der Waals surface area (Å²) in [6.45, 7) is 9.27. The minimum atomic E-state index is -0.446. The molecule has 7 heteroatoms. The van der Waals surface area contributed by atoms with Crippen LogP contribution in [0.2, 0.25) is 0 Å². The predicted octanol–water partition coefficient (Wildman–Crippen LogP) is 3.59. The van der Waals surface area contributed by atoms with Crippen molar-refractivity contribution in [3.63, 3.8) is 0 Å². The highest BCUT2D eigenvalue weighted by atomic mass is 16.6. The van der Waals surface area contributed by atoms with Crippen molar-refractivity contribution < 1.29 is 19.0 Å². The van der Waals surface area contributed by atoms with E-state index in [4.69, 9.17) is 14.2 Å². The molecule has 2 atom stereocenters. The number of rotatable bonds is 3. The number of carbonyl (C=O) groups excluding carboxylic acids is 1. The van der Waals surface area contributed by atoms with E-state index in [2.05, 4.69) is 10.1 Å². The van der Waals surface area contributed by atoms with Crippen LogP contribution in [0.5, 0.6) is 0 Å². The number of ether oxygens (including phenoxy) is 3. The molecule has 0 amide bonds. The second-order valence-corrected chi connectivity index (χ2v) is 8.35. The van der Waals surface area contributed by atoms with Crippen molar-refractivity contribution in [2.75, 3.05) is 13.2 Å². The second kappa shape index (κ2) is 6.65. The van der Waals surface area contributed by atoms with Crippen LogP contribution in [0.15, 0.2) is 12.3 Å². The number of pyridine rings is 1. The smallest absolute Gasteiger partial charge is 0.171 e. The zero-order valence-corrected chi connectivity index (χ0v) is 16.4. The summed E-state index contributed by atoms with van der Waals surface area (Å²) in [7, 11) is 0. The molecule has 0 radical (unpaired) electrons. The maximum absolute atomic E-state index is 11.6. The molecule has 0 aromatic carbocycles. The molecule has 4 heterocycles. The van der Waals surface area contributed by atoms with E-state index in [1.54, 1.807) is 10.9 Å². The number of nitrogens with zero attached hydrogens (tertiary/aromatic N) is 3. The van der Waals surface area contributed by atoms with Crippen molar-refractivity contribution in [1.82, 2.24) is 14.8 Å². The normalized spacial score (nSPS) is 27.6. The lowest BCUT2D eigenvalue weighted by molar-refractivity contribution is -0.265. The summed E-state index contributed by atoms with van der Waals surface area (Å²) in [5.74, 6) is 0. The Kier molecular flexibility index (Phi) is 4.56. The highest BCUT2D eigenvalue weighted by molar-refractivity contribution is 5.93. The van der Waals surface area contributed by atoms with Crippen LogP contribution in [-0.2, 0) is 14.2 Å². The van der Waals surface area contributed by atoms with Gasteiger partial charge in [0, 0.05) is 18.4 Å². The monoisotopic (exact) mass is 373 g/mol. The van der Waals surface area contributed by atoms with Crippen LogP contribution in [0.25, 0.3) is 11.0 Å². The largest absolute Gasteiger partial charge is 0.370 e. The first-order valence-electron chi connectivity index (χ1n) is 9.59.